The summed E-state index contributed by atoms with van der Waals surface area (Å²) < 4.78 is 5.98. The molecule has 160 valence electrons. The van der Waals surface area contributed by atoms with E-state index in [4.69, 9.17) is 4.74 Å². The third-order valence-corrected chi connectivity index (χ3v) is 5.25. The molecule has 0 radical (unpaired) electrons. The van der Waals surface area contributed by atoms with Gasteiger partial charge in [0, 0.05) is 11.4 Å². The summed E-state index contributed by atoms with van der Waals surface area (Å²) in [6, 6.07) is 31.4. The molecule has 0 bridgehead atoms. The lowest BCUT2D eigenvalue weighted by atomic mass is 10.3. The van der Waals surface area contributed by atoms with Crippen LogP contribution < -0.4 is 15.4 Å². The highest BCUT2D eigenvalue weighted by Crippen LogP contribution is 2.26. The van der Waals surface area contributed by atoms with Crippen LogP contribution in [-0.4, -0.2) is 19.9 Å². The van der Waals surface area contributed by atoms with Gasteiger partial charge in [0.25, 0.3) is 0 Å². The minimum atomic E-state index is 0.706. The van der Waals surface area contributed by atoms with Crippen molar-refractivity contribution in [3.63, 3.8) is 0 Å². The van der Waals surface area contributed by atoms with Gasteiger partial charge in [0.05, 0.1) is 22.1 Å². The molecule has 0 aliphatic heterocycles. The zero-order valence-corrected chi connectivity index (χ0v) is 17.5. The molecular formula is C26H20N6O. The molecule has 0 saturated heterocycles. The smallest absolute Gasteiger partial charge is 0.205 e. The molecule has 6 rings (SSSR count). The van der Waals surface area contributed by atoms with Gasteiger partial charge in [0.2, 0.25) is 11.9 Å². The lowest BCUT2D eigenvalue weighted by Crippen LogP contribution is -1.93. The second-order valence-corrected chi connectivity index (χ2v) is 7.61. The Morgan fingerprint density at radius 3 is 1.36 bits per heavy atom. The number of aromatic nitrogens is 4. The summed E-state index contributed by atoms with van der Waals surface area (Å²) in [5, 5.41) is 6.57. The summed E-state index contributed by atoms with van der Waals surface area (Å²) in [6.07, 6.45) is 0. The molecule has 2 aromatic heterocycles. The van der Waals surface area contributed by atoms with E-state index in [0.717, 1.165) is 44.9 Å². The van der Waals surface area contributed by atoms with Gasteiger partial charge in [-0.15, -0.1) is 0 Å². The number of anilines is 4. The molecule has 4 N–H and O–H groups in total. The first-order chi connectivity index (χ1) is 16.3. The van der Waals surface area contributed by atoms with Crippen LogP contribution in [0.1, 0.15) is 0 Å². The number of rotatable bonds is 6. The highest BCUT2D eigenvalue weighted by Gasteiger charge is 2.05. The fraction of sp³-hybridized carbons (Fsp3) is 0. The van der Waals surface area contributed by atoms with E-state index in [1.807, 2.05) is 97.1 Å². The van der Waals surface area contributed by atoms with E-state index in [2.05, 4.69) is 30.6 Å². The molecule has 0 saturated carbocycles. The molecule has 0 unspecified atom stereocenters. The van der Waals surface area contributed by atoms with Gasteiger partial charge in [-0.05, 0) is 72.8 Å². The fourth-order valence-electron chi connectivity index (χ4n) is 3.65. The Kier molecular flexibility index (Phi) is 4.62. The summed E-state index contributed by atoms with van der Waals surface area (Å²) in [6.45, 7) is 0. The Labute approximate surface area is 189 Å². The predicted octanol–water partition coefficient (Wildman–Crippen LogP) is 6.72. The quantitative estimate of drug-likeness (QED) is 0.235. The number of nitrogens with zero attached hydrogens (tertiary/aromatic N) is 2. The van der Waals surface area contributed by atoms with Crippen LogP contribution in [0, 0.1) is 0 Å². The van der Waals surface area contributed by atoms with Crippen LogP contribution >= 0.6 is 0 Å². The molecule has 7 nitrogen and oxygen atoms in total. The van der Waals surface area contributed by atoms with Crippen molar-refractivity contribution in [1.29, 1.82) is 0 Å². The summed E-state index contributed by atoms with van der Waals surface area (Å²) in [7, 11) is 0. The van der Waals surface area contributed by atoms with Crippen LogP contribution in [0.2, 0.25) is 0 Å². The largest absolute Gasteiger partial charge is 0.457 e. The number of benzene rings is 4. The van der Waals surface area contributed by atoms with E-state index in [-0.39, 0.29) is 0 Å². The summed E-state index contributed by atoms with van der Waals surface area (Å²) in [4.78, 5) is 15.6. The first kappa shape index (κ1) is 18.9. The monoisotopic (exact) mass is 432 g/mol. The number of H-pyrrole nitrogens is 2. The number of hydrogen-bond acceptors (Lipinski definition) is 5. The van der Waals surface area contributed by atoms with Gasteiger partial charge < -0.3 is 25.3 Å². The molecule has 6 aromatic rings. The van der Waals surface area contributed by atoms with E-state index in [1.165, 1.54) is 0 Å². The standard InChI is InChI=1S/C26H20N6O/c1-2-6-22-21(5-1)29-25(30-22)27-17-9-13-19(14-10-17)33-20-15-11-18(12-16-20)28-26-31-23-7-3-4-8-24(23)32-26/h1-16H,(H2,27,29,30)(H2,28,31,32). The maximum atomic E-state index is 5.98. The molecule has 0 aliphatic rings. The Bertz CT molecular complexity index is 1350. The van der Waals surface area contributed by atoms with Gasteiger partial charge in [0.1, 0.15) is 11.5 Å². The Morgan fingerprint density at radius 1 is 0.515 bits per heavy atom. The zero-order valence-electron chi connectivity index (χ0n) is 17.5. The number of para-hydroxylation sites is 4. The summed E-state index contributed by atoms with van der Waals surface area (Å²) in [5.41, 5.74) is 5.70. The van der Waals surface area contributed by atoms with Crippen molar-refractivity contribution < 1.29 is 4.74 Å². The van der Waals surface area contributed by atoms with Crippen molar-refractivity contribution in [3.05, 3.63) is 97.1 Å². The van der Waals surface area contributed by atoms with E-state index in [1.54, 1.807) is 0 Å². The topological polar surface area (TPSA) is 90.6 Å². The number of imidazole rings is 2. The van der Waals surface area contributed by atoms with Crippen molar-refractivity contribution >= 4 is 45.3 Å². The minimum Gasteiger partial charge on any atom is -0.457 e. The molecule has 0 atom stereocenters. The number of aromatic amines is 2. The van der Waals surface area contributed by atoms with Gasteiger partial charge in [-0.1, -0.05) is 24.3 Å². The van der Waals surface area contributed by atoms with Crippen molar-refractivity contribution in [2.75, 3.05) is 10.6 Å². The van der Waals surface area contributed by atoms with Crippen LogP contribution in [0.3, 0.4) is 0 Å². The SMILES string of the molecule is c1ccc2[nH]c(Nc3ccc(Oc4ccc(Nc5nc6ccccc6[nH]5)cc4)cc3)nc2c1. The lowest BCUT2D eigenvalue weighted by molar-refractivity contribution is 0.483. The van der Waals surface area contributed by atoms with E-state index < -0.39 is 0 Å². The van der Waals surface area contributed by atoms with Crippen molar-refractivity contribution in [3.8, 4) is 11.5 Å². The van der Waals surface area contributed by atoms with Crippen LogP contribution in [0.15, 0.2) is 97.1 Å². The molecular weight excluding hydrogens is 412 g/mol. The van der Waals surface area contributed by atoms with E-state index in [9.17, 15) is 0 Å². The van der Waals surface area contributed by atoms with Crippen LogP contribution in [0.4, 0.5) is 23.3 Å². The normalized spacial score (nSPS) is 11.0. The van der Waals surface area contributed by atoms with Gasteiger partial charge in [-0.25, -0.2) is 9.97 Å². The Morgan fingerprint density at radius 2 is 0.939 bits per heavy atom. The molecule has 0 amide bonds. The van der Waals surface area contributed by atoms with Crippen molar-refractivity contribution in [1.82, 2.24) is 19.9 Å². The van der Waals surface area contributed by atoms with Crippen LogP contribution in [0.25, 0.3) is 22.1 Å². The third kappa shape index (κ3) is 4.07. The average molecular weight is 432 g/mol. The average Bonchev–Trinajstić information content (AvgIpc) is 3.44. The summed E-state index contributed by atoms with van der Waals surface area (Å²) in [5.74, 6) is 2.92. The van der Waals surface area contributed by atoms with Crippen LogP contribution in [0.5, 0.6) is 11.5 Å². The van der Waals surface area contributed by atoms with Crippen LogP contribution in [-0.2, 0) is 0 Å². The first-order valence-electron chi connectivity index (χ1n) is 10.6. The predicted molar refractivity (Wildman–Crippen MR) is 132 cm³/mol. The first-order valence-corrected chi connectivity index (χ1v) is 10.6. The highest BCUT2D eigenvalue weighted by atomic mass is 16.5. The Balaban J connectivity index is 1.10. The number of nitrogens with one attached hydrogen (secondary N) is 4. The number of ether oxygens (including phenoxy) is 1. The van der Waals surface area contributed by atoms with Gasteiger partial charge in [-0.2, -0.15) is 0 Å². The fourth-order valence-corrected chi connectivity index (χ4v) is 3.65. The Hall–Kier alpha value is -4.78. The summed E-state index contributed by atoms with van der Waals surface area (Å²) >= 11 is 0. The molecule has 0 fully saturated rings. The van der Waals surface area contributed by atoms with Gasteiger partial charge in [0.15, 0.2) is 0 Å². The van der Waals surface area contributed by atoms with Crippen molar-refractivity contribution in [2.45, 2.75) is 0 Å². The maximum absolute atomic E-state index is 5.98. The number of fused-ring (bicyclic) bond motifs is 2. The van der Waals surface area contributed by atoms with Gasteiger partial charge in [-0.3, -0.25) is 0 Å². The van der Waals surface area contributed by atoms with Crippen molar-refractivity contribution in [2.24, 2.45) is 0 Å². The number of hydrogen-bond donors (Lipinski definition) is 4. The maximum Gasteiger partial charge on any atom is 0.205 e. The molecule has 0 aliphatic carbocycles. The minimum absolute atomic E-state index is 0.706. The third-order valence-electron chi connectivity index (χ3n) is 5.25. The molecule has 2 heterocycles. The highest BCUT2D eigenvalue weighted by molar-refractivity contribution is 5.79. The zero-order chi connectivity index (χ0) is 22.0. The molecule has 33 heavy (non-hydrogen) atoms. The second-order valence-electron chi connectivity index (χ2n) is 7.61. The van der Waals surface area contributed by atoms with Gasteiger partial charge >= 0.3 is 0 Å². The second kappa shape index (κ2) is 8.05. The molecule has 4 aromatic carbocycles. The molecule has 0 spiro atoms. The van der Waals surface area contributed by atoms with E-state index in [0.29, 0.717) is 11.9 Å². The molecule has 7 heteroatoms. The lowest BCUT2D eigenvalue weighted by Gasteiger charge is -2.09. The van der Waals surface area contributed by atoms with E-state index >= 15 is 0 Å².